The van der Waals surface area contributed by atoms with Crippen molar-refractivity contribution in [2.45, 2.75) is 52.0 Å². The number of hydrogen-bond acceptors (Lipinski definition) is 5. The number of benzene rings is 1. The van der Waals surface area contributed by atoms with E-state index in [9.17, 15) is 9.59 Å². The molecule has 2 aliphatic heterocycles. The summed E-state index contributed by atoms with van der Waals surface area (Å²) in [6.07, 6.45) is 5.67. The Labute approximate surface area is 185 Å². The first-order valence-corrected chi connectivity index (χ1v) is 11.7. The van der Waals surface area contributed by atoms with Gasteiger partial charge in [0.2, 0.25) is 12.7 Å². The number of nitrogens with one attached hydrogen (secondary N) is 1. The molecule has 7 nitrogen and oxygen atoms in total. The van der Waals surface area contributed by atoms with Gasteiger partial charge in [0.05, 0.1) is 6.04 Å². The van der Waals surface area contributed by atoms with Gasteiger partial charge in [-0.15, -0.1) is 0 Å². The van der Waals surface area contributed by atoms with E-state index in [0.717, 1.165) is 38.9 Å². The molecule has 1 aromatic rings. The summed E-state index contributed by atoms with van der Waals surface area (Å²) in [6, 6.07) is 5.29. The summed E-state index contributed by atoms with van der Waals surface area (Å²) >= 11 is 0. The summed E-state index contributed by atoms with van der Waals surface area (Å²) < 4.78 is 10.7. The van der Waals surface area contributed by atoms with E-state index in [4.69, 9.17) is 9.47 Å². The standard InChI is InChI=1S/C24H35N3O4/c1-17(2)9-10-25-23(28)22(18-5-3-4-6-18)26-11-13-27(14-12-26)24(29)19-7-8-20-21(15-19)31-16-30-20/h7-8,15,17-18,22H,3-6,9-14,16H2,1-2H3,(H,25,28)/t22-/m0/s1. The van der Waals surface area contributed by atoms with Crippen LogP contribution in [0, 0.1) is 11.8 Å². The molecule has 0 bridgehead atoms. The normalized spacial score (nSPS) is 20.3. The molecule has 1 saturated carbocycles. The van der Waals surface area contributed by atoms with Crippen molar-refractivity contribution in [3.8, 4) is 11.5 Å². The number of fused-ring (bicyclic) bond motifs is 1. The lowest BCUT2D eigenvalue weighted by molar-refractivity contribution is -0.129. The van der Waals surface area contributed by atoms with Gasteiger partial charge in [0.25, 0.3) is 5.91 Å². The van der Waals surface area contributed by atoms with Crippen LogP contribution in [-0.4, -0.2) is 67.2 Å². The van der Waals surface area contributed by atoms with Crippen LogP contribution in [0.25, 0.3) is 0 Å². The van der Waals surface area contributed by atoms with Crippen LogP contribution in [0.2, 0.25) is 0 Å². The van der Waals surface area contributed by atoms with Gasteiger partial charge in [-0.3, -0.25) is 14.5 Å². The fourth-order valence-corrected chi connectivity index (χ4v) is 4.96. The van der Waals surface area contributed by atoms with Gasteiger partial charge in [-0.1, -0.05) is 26.7 Å². The van der Waals surface area contributed by atoms with E-state index in [1.165, 1.54) is 12.8 Å². The van der Waals surface area contributed by atoms with E-state index in [1.807, 2.05) is 4.90 Å². The Morgan fingerprint density at radius 3 is 2.48 bits per heavy atom. The van der Waals surface area contributed by atoms with E-state index < -0.39 is 0 Å². The van der Waals surface area contributed by atoms with E-state index in [2.05, 4.69) is 24.1 Å². The Hall–Kier alpha value is -2.28. The Balaban J connectivity index is 1.36. The van der Waals surface area contributed by atoms with Gasteiger partial charge >= 0.3 is 0 Å². The van der Waals surface area contributed by atoms with Crippen molar-refractivity contribution in [3.63, 3.8) is 0 Å². The lowest BCUT2D eigenvalue weighted by Crippen LogP contribution is -2.58. The minimum Gasteiger partial charge on any atom is -0.454 e. The summed E-state index contributed by atoms with van der Waals surface area (Å²) in [5.41, 5.74) is 0.622. The average molecular weight is 430 g/mol. The third-order valence-electron chi connectivity index (χ3n) is 6.75. The fourth-order valence-electron chi connectivity index (χ4n) is 4.96. The minimum absolute atomic E-state index is 0.0109. The highest BCUT2D eigenvalue weighted by Crippen LogP contribution is 2.33. The van der Waals surface area contributed by atoms with Crippen molar-refractivity contribution in [2.75, 3.05) is 39.5 Å². The molecule has 4 rings (SSSR count). The molecule has 1 aliphatic carbocycles. The van der Waals surface area contributed by atoms with Crippen molar-refractivity contribution >= 4 is 11.8 Å². The first-order valence-electron chi connectivity index (χ1n) is 11.7. The van der Waals surface area contributed by atoms with Crippen LogP contribution in [-0.2, 0) is 4.79 Å². The maximum atomic E-state index is 13.1. The van der Waals surface area contributed by atoms with Crippen LogP contribution < -0.4 is 14.8 Å². The predicted octanol–water partition coefficient (Wildman–Crippen LogP) is 2.89. The smallest absolute Gasteiger partial charge is 0.254 e. The van der Waals surface area contributed by atoms with Crippen molar-refractivity contribution in [1.29, 1.82) is 0 Å². The van der Waals surface area contributed by atoms with Gasteiger partial charge in [0.15, 0.2) is 11.5 Å². The SMILES string of the molecule is CC(C)CCNC(=O)[C@H](C1CCCC1)N1CCN(C(=O)c2ccc3c(c2)OCO3)CC1. The summed E-state index contributed by atoms with van der Waals surface area (Å²) in [7, 11) is 0. The molecule has 31 heavy (non-hydrogen) atoms. The van der Waals surface area contributed by atoms with E-state index in [1.54, 1.807) is 18.2 Å². The average Bonchev–Trinajstić information content (AvgIpc) is 3.45. The number of nitrogens with zero attached hydrogens (tertiary/aromatic N) is 2. The Bertz CT molecular complexity index is 783. The zero-order chi connectivity index (χ0) is 21.8. The molecule has 0 aromatic heterocycles. The number of amides is 2. The molecular formula is C24H35N3O4. The predicted molar refractivity (Wildman–Crippen MR) is 118 cm³/mol. The van der Waals surface area contributed by atoms with Gasteiger partial charge in [0, 0.05) is 38.3 Å². The highest BCUT2D eigenvalue weighted by Gasteiger charge is 2.37. The van der Waals surface area contributed by atoms with Gasteiger partial charge in [-0.2, -0.15) is 0 Å². The first-order chi connectivity index (χ1) is 15.0. The number of carbonyl (C=O) groups is 2. The van der Waals surface area contributed by atoms with Crippen LogP contribution in [0.5, 0.6) is 11.5 Å². The largest absolute Gasteiger partial charge is 0.454 e. The molecule has 1 N–H and O–H groups in total. The minimum atomic E-state index is -0.0718. The van der Waals surface area contributed by atoms with Gasteiger partial charge in [0.1, 0.15) is 0 Å². The molecule has 2 heterocycles. The summed E-state index contributed by atoms with van der Waals surface area (Å²) in [6.45, 7) is 8.03. The summed E-state index contributed by atoms with van der Waals surface area (Å²) in [5, 5.41) is 3.19. The lowest BCUT2D eigenvalue weighted by atomic mass is 9.94. The molecule has 7 heteroatoms. The monoisotopic (exact) mass is 429 g/mol. The summed E-state index contributed by atoms with van der Waals surface area (Å²) in [4.78, 5) is 30.3. The third kappa shape index (κ3) is 5.14. The van der Waals surface area contributed by atoms with Crippen molar-refractivity contribution in [3.05, 3.63) is 23.8 Å². The topological polar surface area (TPSA) is 71.1 Å². The lowest BCUT2D eigenvalue weighted by Gasteiger charge is -2.40. The van der Waals surface area contributed by atoms with E-state index >= 15 is 0 Å². The fraction of sp³-hybridized carbons (Fsp3) is 0.667. The first kappa shape index (κ1) is 21.9. The van der Waals surface area contributed by atoms with Gasteiger partial charge < -0.3 is 19.7 Å². The second-order valence-electron chi connectivity index (χ2n) is 9.36. The number of piperazine rings is 1. The van der Waals surface area contributed by atoms with Crippen LogP contribution in [0.4, 0.5) is 0 Å². The second-order valence-corrected chi connectivity index (χ2v) is 9.36. The Kier molecular flexibility index (Phi) is 7.00. The molecule has 2 amide bonds. The number of rotatable bonds is 7. The zero-order valence-corrected chi connectivity index (χ0v) is 18.8. The molecule has 1 saturated heterocycles. The molecule has 0 spiro atoms. The molecular weight excluding hydrogens is 394 g/mol. The van der Waals surface area contributed by atoms with Crippen LogP contribution >= 0.6 is 0 Å². The van der Waals surface area contributed by atoms with Gasteiger partial charge in [-0.05, 0) is 49.3 Å². The van der Waals surface area contributed by atoms with Crippen LogP contribution in [0.3, 0.4) is 0 Å². The summed E-state index contributed by atoms with van der Waals surface area (Å²) in [5.74, 6) is 2.50. The zero-order valence-electron chi connectivity index (χ0n) is 18.8. The van der Waals surface area contributed by atoms with Crippen molar-refractivity contribution < 1.29 is 19.1 Å². The number of carbonyl (C=O) groups excluding carboxylic acids is 2. The van der Waals surface area contributed by atoms with Crippen LogP contribution in [0.1, 0.15) is 56.3 Å². The van der Waals surface area contributed by atoms with E-state index in [-0.39, 0.29) is 24.6 Å². The molecule has 1 aromatic carbocycles. The number of ether oxygens (including phenoxy) is 2. The van der Waals surface area contributed by atoms with Crippen molar-refractivity contribution in [2.24, 2.45) is 11.8 Å². The van der Waals surface area contributed by atoms with Crippen molar-refractivity contribution in [1.82, 2.24) is 15.1 Å². The van der Waals surface area contributed by atoms with Gasteiger partial charge in [-0.25, -0.2) is 0 Å². The number of hydrogen-bond donors (Lipinski definition) is 1. The molecule has 0 unspecified atom stereocenters. The van der Waals surface area contributed by atoms with Crippen LogP contribution in [0.15, 0.2) is 18.2 Å². The third-order valence-corrected chi connectivity index (χ3v) is 6.75. The molecule has 3 aliphatic rings. The molecule has 0 radical (unpaired) electrons. The Morgan fingerprint density at radius 2 is 1.77 bits per heavy atom. The maximum absolute atomic E-state index is 13.1. The molecule has 2 fully saturated rings. The maximum Gasteiger partial charge on any atom is 0.254 e. The molecule has 1 atom stereocenters. The highest BCUT2D eigenvalue weighted by molar-refractivity contribution is 5.95. The second kappa shape index (κ2) is 9.90. The molecule has 170 valence electrons. The quantitative estimate of drug-likeness (QED) is 0.722. The highest BCUT2D eigenvalue weighted by atomic mass is 16.7. The van der Waals surface area contributed by atoms with E-state index in [0.29, 0.717) is 42.0 Å². The Morgan fingerprint density at radius 1 is 1.06 bits per heavy atom.